The summed E-state index contributed by atoms with van der Waals surface area (Å²) in [6, 6.07) is 40.7. The first-order valence-corrected chi connectivity index (χ1v) is 15.4. The van der Waals surface area contributed by atoms with Crippen molar-refractivity contribution in [2.75, 3.05) is 0 Å². The summed E-state index contributed by atoms with van der Waals surface area (Å²) in [6.45, 7) is 6.12. The van der Waals surface area contributed by atoms with Crippen molar-refractivity contribution in [1.29, 1.82) is 0 Å². The summed E-state index contributed by atoms with van der Waals surface area (Å²) < 4.78 is 0. The summed E-state index contributed by atoms with van der Waals surface area (Å²) in [4.78, 5) is 10.3. The number of nitrogens with one attached hydrogen (secondary N) is 1. The van der Waals surface area contributed by atoms with Crippen LogP contribution in [0.3, 0.4) is 0 Å². The number of aromatic nitrogens is 1. The Balaban J connectivity index is 1.20. The van der Waals surface area contributed by atoms with Crippen molar-refractivity contribution in [3.8, 4) is 11.1 Å². The number of aliphatic imine (C=N–C) groups is 1. The molecule has 3 heteroatoms. The van der Waals surface area contributed by atoms with E-state index in [0.717, 1.165) is 61.4 Å². The van der Waals surface area contributed by atoms with Crippen LogP contribution in [0.5, 0.6) is 0 Å². The van der Waals surface area contributed by atoms with Gasteiger partial charge >= 0.3 is 0 Å². The molecule has 6 aromatic rings. The number of fused-ring (bicyclic) bond motifs is 5. The SMILES string of the molecule is C=CC1=C(/C=C\C)C2NC(c3ccccc3)=NC(c3ccc(-c4ccc5cc6c(ccc7ccccc76)nc5c4)cc3)=C2C=C1. The number of rotatable bonds is 5. The van der Waals surface area contributed by atoms with Gasteiger partial charge in [0, 0.05) is 27.5 Å². The third-order valence-corrected chi connectivity index (χ3v) is 8.80. The number of benzene rings is 5. The van der Waals surface area contributed by atoms with Gasteiger partial charge in [0.25, 0.3) is 0 Å². The summed E-state index contributed by atoms with van der Waals surface area (Å²) in [5, 5.41) is 8.52. The zero-order valence-electron chi connectivity index (χ0n) is 25.0. The first-order chi connectivity index (χ1) is 22.2. The molecule has 0 spiro atoms. The number of nitrogens with zero attached hydrogens (tertiary/aromatic N) is 2. The minimum absolute atomic E-state index is 0.0277. The molecule has 0 fully saturated rings. The van der Waals surface area contributed by atoms with Crippen LogP contribution < -0.4 is 5.32 Å². The van der Waals surface area contributed by atoms with Gasteiger partial charge in [-0.05, 0) is 58.2 Å². The fourth-order valence-electron chi connectivity index (χ4n) is 6.54. The highest BCUT2D eigenvalue weighted by Crippen LogP contribution is 2.36. The van der Waals surface area contributed by atoms with E-state index in [2.05, 4.69) is 152 Å². The van der Waals surface area contributed by atoms with Gasteiger partial charge < -0.3 is 5.32 Å². The number of hydrogen-bond donors (Lipinski definition) is 1. The maximum Gasteiger partial charge on any atom is 0.134 e. The van der Waals surface area contributed by atoms with Crippen LogP contribution in [0, 0.1) is 0 Å². The molecular weight excluding hydrogens is 546 g/mol. The molecule has 2 aliphatic rings. The van der Waals surface area contributed by atoms with Crippen molar-refractivity contribution >= 4 is 44.1 Å². The molecule has 1 unspecified atom stereocenters. The lowest BCUT2D eigenvalue weighted by atomic mass is 9.84. The molecule has 0 saturated heterocycles. The van der Waals surface area contributed by atoms with Gasteiger partial charge in [-0.3, -0.25) is 0 Å². The molecule has 214 valence electrons. The van der Waals surface area contributed by atoms with Crippen molar-refractivity contribution in [3.63, 3.8) is 0 Å². The van der Waals surface area contributed by atoms with Crippen LogP contribution in [0.2, 0.25) is 0 Å². The molecule has 1 atom stereocenters. The Morgan fingerprint density at radius 2 is 1.42 bits per heavy atom. The third-order valence-electron chi connectivity index (χ3n) is 8.80. The molecule has 0 radical (unpaired) electrons. The van der Waals surface area contributed by atoms with Crippen LogP contribution >= 0.6 is 0 Å². The van der Waals surface area contributed by atoms with Crippen LogP contribution in [0.25, 0.3) is 49.4 Å². The van der Waals surface area contributed by atoms with Gasteiger partial charge in [0.2, 0.25) is 0 Å². The standard InChI is InChI=1S/C42H31N3/c1-3-10-35-27(4-2)21-23-36-40(44-42(45-41(35)36)31-12-6-5-7-13-31)30-17-15-28(16-18-30)32-19-20-33-25-37-34-14-9-8-11-29(34)22-24-38(37)43-39(33)26-32/h3-26,41H,2H2,1H3,(H,44,45)/b10-3-. The van der Waals surface area contributed by atoms with E-state index in [1.807, 2.05) is 12.1 Å². The lowest BCUT2D eigenvalue weighted by molar-refractivity contribution is 0.795. The molecule has 5 aromatic carbocycles. The highest BCUT2D eigenvalue weighted by molar-refractivity contribution is 6.10. The minimum Gasteiger partial charge on any atom is -0.359 e. The Morgan fingerprint density at radius 1 is 0.667 bits per heavy atom. The molecule has 1 N–H and O–H groups in total. The first-order valence-electron chi connectivity index (χ1n) is 15.4. The Morgan fingerprint density at radius 3 is 2.24 bits per heavy atom. The van der Waals surface area contributed by atoms with E-state index in [0.29, 0.717) is 0 Å². The molecule has 3 nitrogen and oxygen atoms in total. The minimum atomic E-state index is -0.0277. The zero-order valence-corrected chi connectivity index (χ0v) is 25.0. The lowest BCUT2D eigenvalue weighted by Crippen LogP contribution is -2.41. The molecule has 2 heterocycles. The fraction of sp³-hybridized carbons (Fsp3) is 0.0476. The fourth-order valence-corrected chi connectivity index (χ4v) is 6.54. The largest absolute Gasteiger partial charge is 0.359 e. The lowest BCUT2D eigenvalue weighted by Gasteiger charge is -2.32. The topological polar surface area (TPSA) is 37.3 Å². The molecule has 1 aliphatic heterocycles. The monoisotopic (exact) mass is 577 g/mol. The number of allylic oxidation sites excluding steroid dienone is 4. The van der Waals surface area contributed by atoms with Crippen molar-refractivity contribution in [2.24, 2.45) is 4.99 Å². The Kier molecular flexibility index (Phi) is 6.57. The maximum absolute atomic E-state index is 5.20. The molecule has 45 heavy (non-hydrogen) atoms. The van der Waals surface area contributed by atoms with Gasteiger partial charge in [-0.15, -0.1) is 0 Å². The summed E-state index contributed by atoms with van der Waals surface area (Å²) >= 11 is 0. The number of hydrogen-bond acceptors (Lipinski definition) is 3. The van der Waals surface area contributed by atoms with E-state index in [-0.39, 0.29) is 6.04 Å². The van der Waals surface area contributed by atoms with Gasteiger partial charge in [0.05, 0.1) is 22.8 Å². The van der Waals surface area contributed by atoms with Crippen molar-refractivity contribution in [3.05, 3.63) is 180 Å². The van der Waals surface area contributed by atoms with Crippen molar-refractivity contribution in [2.45, 2.75) is 13.0 Å². The van der Waals surface area contributed by atoms with E-state index >= 15 is 0 Å². The quantitative estimate of drug-likeness (QED) is 0.164. The maximum atomic E-state index is 5.20. The van der Waals surface area contributed by atoms with Crippen LogP contribution in [-0.4, -0.2) is 16.9 Å². The Bertz CT molecular complexity index is 2300. The highest BCUT2D eigenvalue weighted by atomic mass is 15.1. The van der Waals surface area contributed by atoms with E-state index in [4.69, 9.17) is 9.98 Å². The van der Waals surface area contributed by atoms with Crippen molar-refractivity contribution < 1.29 is 0 Å². The molecule has 0 saturated carbocycles. The Labute approximate surface area is 263 Å². The first kappa shape index (κ1) is 26.8. The Hall–Kier alpha value is -5.80. The molecular formula is C42H31N3. The van der Waals surface area contributed by atoms with Gasteiger partial charge in [-0.2, -0.15) is 0 Å². The second-order valence-corrected chi connectivity index (χ2v) is 11.5. The third kappa shape index (κ3) is 4.70. The van der Waals surface area contributed by atoms with Gasteiger partial charge in [-0.25, -0.2) is 9.98 Å². The van der Waals surface area contributed by atoms with Crippen LogP contribution in [0.4, 0.5) is 0 Å². The van der Waals surface area contributed by atoms with E-state index < -0.39 is 0 Å². The summed E-state index contributed by atoms with van der Waals surface area (Å²) in [7, 11) is 0. The van der Waals surface area contributed by atoms with Crippen LogP contribution in [0.15, 0.2) is 174 Å². The summed E-state index contributed by atoms with van der Waals surface area (Å²) in [5.41, 5.74) is 10.9. The predicted octanol–water partition coefficient (Wildman–Crippen LogP) is 9.97. The smallest absolute Gasteiger partial charge is 0.134 e. The highest BCUT2D eigenvalue weighted by Gasteiger charge is 2.29. The molecule has 1 aliphatic carbocycles. The second-order valence-electron chi connectivity index (χ2n) is 11.5. The van der Waals surface area contributed by atoms with Gasteiger partial charge in [0.15, 0.2) is 0 Å². The molecule has 1 aromatic heterocycles. The average molecular weight is 578 g/mol. The second kappa shape index (κ2) is 11.0. The zero-order chi connectivity index (χ0) is 30.3. The molecule has 8 rings (SSSR count). The van der Waals surface area contributed by atoms with E-state index in [9.17, 15) is 0 Å². The predicted molar refractivity (Wildman–Crippen MR) is 190 cm³/mol. The summed E-state index contributed by atoms with van der Waals surface area (Å²) in [6.07, 6.45) is 10.5. The number of pyridine rings is 1. The van der Waals surface area contributed by atoms with Gasteiger partial charge in [-0.1, -0.05) is 134 Å². The van der Waals surface area contributed by atoms with Crippen LogP contribution in [-0.2, 0) is 0 Å². The molecule has 0 bridgehead atoms. The summed E-state index contributed by atoms with van der Waals surface area (Å²) in [5.74, 6) is 0.866. The van der Waals surface area contributed by atoms with E-state index in [1.54, 1.807) is 0 Å². The van der Waals surface area contributed by atoms with Crippen LogP contribution in [0.1, 0.15) is 18.1 Å². The normalized spacial score (nSPS) is 16.4. The molecule has 0 amide bonds. The van der Waals surface area contributed by atoms with Gasteiger partial charge in [0.1, 0.15) is 5.84 Å². The number of amidine groups is 1. The average Bonchev–Trinajstić information content (AvgIpc) is 3.11. The van der Waals surface area contributed by atoms with E-state index in [1.165, 1.54) is 21.7 Å². The van der Waals surface area contributed by atoms with Crippen molar-refractivity contribution in [1.82, 2.24) is 10.3 Å².